The van der Waals surface area contributed by atoms with Crippen LogP contribution in [0.25, 0.3) is 0 Å². The first-order valence-electron chi connectivity index (χ1n) is 7.50. The number of amides is 1. The van der Waals surface area contributed by atoms with Gasteiger partial charge in [0.05, 0.1) is 14.2 Å². The van der Waals surface area contributed by atoms with E-state index in [1.54, 1.807) is 26.0 Å². The normalized spacial score (nSPS) is 15.4. The molecule has 0 N–H and O–H groups in total. The van der Waals surface area contributed by atoms with Crippen molar-refractivity contribution >= 4 is 5.91 Å². The summed E-state index contributed by atoms with van der Waals surface area (Å²) < 4.78 is 10.7. The Morgan fingerprint density at radius 1 is 1.29 bits per heavy atom. The zero-order valence-electron chi connectivity index (χ0n) is 13.4. The molecule has 1 unspecified atom stereocenters. The van der Waals surface area contributed by atoms with Gasteiger partial charge in [-0.05, 0) is 48.8 Å². The third-order valence-electron chi connectivity index (χ3n) is 4.34. The fourth-order valence-electron chi connectivity index (χ4n) is 2.75. The van der Waals surface area contributed by atoms with Gasteiger partial charge in [-0.3, -0.25) is 4.79 Å². The molecule has 1 aliphatic carbocycles. The lowest BCUT2D eigenvalue weighted by Gasteiger charge is -2.22. The maximum atomic E-state index is 11.4. The van der Waals surface area contributed by atoms with Gasteiger partial charge in [-0.15, -0.1) is 0 Å². The molecule has 2 rings (SSSR count). The van der Waals surface area contributed by atoms with Crippen LogP contribution in [0, 0.1) is 5.92 Å². The van der Waals surface area contributed by atoms with Crippen molar-refractivity contribution in [2.45, 2.75) is 32.1 Å². The van der Waals surface area contributed by atoms with Gasteiger partial charge in [-0.25, -0.2) is 0 Å². The van der Waals surface area contributed by atoms with Crippen molar-refractivity contribution in [2.75, 3.05) is 27.8 Å². The van der Waals surface area contributed by atoms with E-state index in [-0.39, 0.29) is 5.91 Å². The first-order chi connectivity index (χ1) is 10.1. The molecule has 1 aromatic rings. The number of hydrogen-bond acceptors (Lipinski definition) is 3. The van der Waals surface area contributed by atoms with E-state index in [1.807, 2.05) is 13.1 Å². The van der Waals surface area contributed by atoms with Crippen LogP contribution in [-0.2, 0) is 4.79 Å². The third-order valence-corrected chi connectivity index (χ3v) is 4.34. The lowest BCUT2D eigenvalue weighted by atomic mass is 9.90. The zero-order chi connectivity index (χ0) is 15.4. The zero-order valence-corrected chi connectivity index (χ0v) is 13.4. The molecule has 0 radical (unpaired) electrons. The number of rotatable bonds is 7. The maximum Gasteiger partial charge on any atom is 0.219 e. The van der Waals surface area contributed by atoms with Crippen molar-refractivity contribution in [3.05, 3.63) is 23.8 Å². The number of carbonyl (C=O) groups excluding carboxylic acids is 1. The lowest BCUT2D eigenvalue weighted by molar-refractivity contribution is -0.127. The summed E-state index contributed by atoms with van der Waals surface area (Å²) in [6.45, 7) is 2.41. The van der Waals surface area contributed by atoms with Gasteiger partial charge in [0.2, 0.25) is 5.91 Å². The van der Waals surface area contributed by atoms with Crippen molar-refractivity contribution in [3.8, 4) is 11.5 Å². The fraction of sp³-hybridized carbons (Fsp3) is 0.588. The van der Waals surface area contributed by atoms with E-state index >= 15 is 0 Å². The number of ether oxygens (including phenoxy) is 2. The summed E-state index contributed by atoms with van der Waals surface area (Å²) in [5, 5.41) is 0. The SMILES string of the molecule is COc1ccc(C(CCN(C)C(C)=O)C2CC2)cc1OC. The quantitative estimate of drug-likeness (QED) is 0.775. The van der Waals surface area contributed by atoms with Gasteiger partial charge in [0.15, 0.2) is 11.5 Å². The highest BCUT2D eigenvalue weighted by molar-refractivity contribution is 5.72. The van der Waals surface area contributed by atoms with Gasteiger partial charge in [0.25, 0.3) is 0 Å². The van der Waals surface area contributed by atoms with Crippen LogP contribution in [0.2, 0.25) is 0 Å². The Kier molecular flexibility index (Phi) is 5.10. The number of carbonyl (C=O) groups is 1. The van der Waals surface area contributed by atoms with Crippen LogP contribution < -0.4 is 9.47 Å². The van der Waals surface area contributed by atoms with Gasteiger partial charge in [-0.1, -0.05) is 6.07 Å². The highest BCUT2D eigenvalue weighted by Gasteiger charge is 2.32. The summed E-state index contributed by atoms with van der Waals surface area (Å²) in [5.74, 6) is 2.89. The molecule has 1 aromatic carbocycles. The Labute approximate surface area is 127 Å². The standard InChI is InChI=1S/C17H25NO3/c1-12(19)18(2)10-9-15(13-5-6-13)14-7-8-16(20-3)17(11-14)21-4/h7-8,11,13,15H,5-6,9-10H2,1-4H3. The topological polar surface area (TPSA) is 38.8 Å². The van der Waals surface area contributed by atoms with Crippen molar-refractivity contribution in [2.24, 2.45) is 5.92 Å². The number of nitrogens with zero attached hydrogens (tertiary/aromatic N) is 1. The number of benzene rings is 1. The maximum absolute atomic E-state index is 11.4. The van der Waals surface area contributed by atoms with Crippen molar-refractivity contribution < 1.29 is 14.3 Å². The molecule has 1 atom stereocenters. The van der Waals surface area contributed by atoms with Crippen LogP contribution in [0.5, 0.6) is 11.5 Å². The molecule has 21 heavy (non-hydrogen) atoms. The van der Waals surface area contributed by atoms with Gasteiger partial charge in [0, 0.05) is 20.5 Å². The van der Waals surface area contributed by atoms with Gasteiger partial charge >= 0.3 is 0 Å². The van der Waals surface area contributed by atoms with Gasteiger partial charge < -0.3 is 14.4 Å². The Morgan fingerprint density at radius 2 is 1.95 bits per heavy atom. The number of hydrogen-bond donors (Lipinski definition) is 0. The van der Waals surface area contributed by atoms with Crippen molar-refractivity contribution in [3.63, 3.8) is 0 Å². The molecule has 1 aliphatic rings. The fourth-order valence-corrected chi connectivity index (χ4v) is 2.75. The van der Waals surface area contributed by atoms with E-state index in [0.717, 1.165) is 30.4 Å². The Balaban J connectivity index is 2.13. The molecule has 1 amide bonds. The largest absolute Gasteiger partial charge is 0.493 e. The summed E-state index contributed by atoms with van der Waals surface area (Å²) in [7, 11) is 5.18. The van der Waals surface area contributed by atoms with Gasteiger partial charge in [0.1, 0.15) is 0 Å². The third kappa shape index (κ3) is 3.90. The van der Waals surface area contributed by atoms with E-state index in [9.17, 15) is 4.79 Å². The Hall–Kier alpha value is -1.71. The van der Waals surface area contributed by atoms with Crippen LogP contribution >= 0.6 is 0 Å². The van der Waals surface area contributed by atoms with Gasteiger partial charge in [-0.2, -0.15) is 0 Å². The van der Waals surface area contributed by atoms with E-state index in [1.165, 1.54) is 18.4 Å². The lowest BCUT2D eigenvalue weighted by Crippen LogP contribution is -2.26. The summed E-state index contributed by atoms with van der Waals surface area (Å²) in [5.41, 5.74) is 1.28. The number of methoxy groups -OCH3 is 2. The van der Waals surface area contributed by atoms with E-state index in [4.69, 9.17) is 9.47 Å². The second kappa shape index (κ2) is 6.83. The molecular formula is C17H25NO3. The molecule has 0 spiro atoms. The smallest absolute Gasteiger partial charge is 0.219 e. The highest BCUT2D eigenvalue weighted by Crippen LogP contribution is 2.46. The minimum Gasteiger partial charge on any atom is -0.493 e. The first kappa shape index (κ1) is 15.7. The van der Waals surface area contributed by atoms with E-state index in [0.29, 0.717) is 5.92 Å². The van der Waals surface area contributed by atoms with Crippen LogP contribution in [0.4, 0.5) is 0 Å². The molecule has 0 heterocycles. The van der Waals surface area contributed by atoms with E-state index < -0.39 is 0 Å². The Morgan fingerprint density at radius 3 is 2.48 bits per heavy atom. The first-order valence-corrected chi connectivity index (χ1v) is 7.50. The van der Waals surface area contributed by atoms with Crippen LogP contribution in [0.15, 0.2) is 18.2 Å². The molecule has 116 valence electrons. The molecule has 1 fully saturated rings. The minimum absolute atomic E-state index is 0.122. The monoisotopic (exact) mass is 291 g/mol. The predicted octanol–water partition coefficient (Wildman–Crippen LogP) is 3.07. The summed E-state index contributed by atoms with van der Waals surface area (Å²) in [6.07, 6.45) is 3.56. The average Bonchev–Trinajstić information content (AvgIpc) is 3.31. The minimum atomic E-state index is 0.122. The van der Waals surface area contributed by atoms with E-state index in [2.05, 4.69) is 12.1 Å². The summed E-state index contributed by atoms with van der Waals surface area (Å²) >= 11 is 0. The van der Waals surface area contributed by atoms with Crippen molar-refractivity contribution in [1.29, 1.82) is 0 Å². The molecule has 0 aromatic heterocycles. The molecule has 0 bridgehead atoms. The van der Waals surface area contributed by atoms with Crippen LogP contribution in [0.1, 0.15) is 37.7 Å². The molecule has 4 nitrogen and oxygen atoms in total. The Bertz CT molecular complexity index is 497. The molecular weight excluding hydrogens is 266 g/mol. The van der Waals surface area contributed by atoms with Crippen molar-refractivity contribution in [1.82, 2.24) is 4.90 Å². The summed E-state index contributed by atoms with van der Waals surface area (Å²) in [4.78, 5) is 13.1. The summed E-state index contributed by atoms with van der Waals surface area (Å²) in [6, 6.07) is 6.17. The van der Waals surface area contributed by atoms with Crippen LogP contribution in [-0.4, -0.2) is 38.6 Å². The second-order valence-electron chi connectivity index (χ2n) is 5.79. The average molecular weight is 291 g/mol. The predicted molar refractivity (Wildman–Crippen MR) is 82.9 cm³/mol. The molecule has 0 aliphatic heterocycles. The van der Waals surface area contributed by atoms with Crippen LogP contribution in [0.3, 0.4) is 0 Å². The molecule has 0 saturated heterocycles. The highest BCUT2D eigenvalue weighted by atomic mass is 16.5. The molecule has 1 saturated carbocycles. The second-order valence-corrected chi connectivity index (χ2v) is 5.79. The molecule has 4 heteroatoms.